The van der Waals surface area contributed by atoms with Crippen molar-refractivity contribution < 1.29 is 9.90 Å². The molecule has 0 bridgehead atoms. The number of nitrogens with zero attached hydrogens (tertiary/aromatic N) is 2. The Hall–Kier alpha value is -2.53. The molecule has 3 N–H and O–H groups in total. The van der Waals surface area contributed by atoms with Crippen LogP contribution < -0.4 is 15.5 Å². The molecule has 1 saturated heterocycles. The summed E-state index contributed by atoms with van der Waals surface area (Å²) in [7, 11) is 0. The number of para-hydroxylation sites is 2. The molecule has 1 aliphatic rings. The minimum Gasteiger partial charge on any atom is -0.481 e. The van der Waals surface area contributed by atoms with Crippen LogP contribution in [0.1, 0.15) is 20.3 Å². The SMILES string of the molecule is CC1CN(c2ccccc2)CC(C)CN(c2ccccc2)C1.NCCC(=O)O. The number of aliphatic carboxylic acids is 1. The van der Waals surface area contributed by atoms with Crippen molar-refractivity contribution in [3.63, 3.8) is 0 Å². The monoisotopic (exact) mass is 383 g/mol. The fourth-order valence-corrected chi connectivity index (χ4v) is 3.59. The highest BCUT2D eigenvalue weighted by atomic mass is 16.4. The van der Waals surface area contributed by atoms with Crippen molar-refractivity contribution in [1.29, 1.82) is 0 Å². The van der Waals surface area contributed by atoms with Gasteiger partial charge in [-0.3, -0.25) is 4.79 Å². The van der Waals surface area contributed by atoms with Crippen molar-refractivity contribution in [3.8, 4) is 0 Å². The number of carboxylic acid groups (broad SMARTS) is 1. The van der Waals surface area contributed by atoms with Gasteiger partial charge in [-0.2, -0.15) is 0 Å². The number of rotatable bonds is 4. The first kappa shape index (κ1) is 21.8. The molecule has 0 unspecified atom stereocenters. The molecule has 3 rings (SSSR count). The van der Waals surface area contributed by atoms with Gasteiger partial charge in [0.05, 0.1) is 6.42 Å². The molecule has 5 nitrogen and oxygen atoms in total. The van der Waals surface area contributed by atoms with Gasteiger partial charge in [-0.25, -0.2) is 0 Å². The van der Waals surface area contributed by atoms with E-state index in [9.17, 15) is 4.79 Å². The number of benzene rings is 2. The summed E-state index contributed by atoms with van der Waals surface area (Å²) >= 11 is 0. The summed E-state index contributed by atoms with van der Waals surface area (Å²) in [6, 6.07) is 21.7. The Morgan fingerprint density at radius 1 is 0.857 bits per heavy atom. The molecule has 0 aromatic heterocycles. The van der Waals surface area contributed by atoms with E-state index in [0.717, 1.165) is 26.2 Å². The quantitative estimate of drug-likeness (QED) is 0.842. The highest BCUT2D eigenvalue weighted by molar-refractivity contribution is 5.66. The lowest BCUT2D eigenvalue weighted by molar-refractivity contribution is -0.136. The summed E-state index contributed by atoms with van der Waals surface area (Å²) in [4.78, 5) is 14.6. The zero-order chi connectivity index (χ0) is 20.4. The summed E-state index contributed by atoms with van der Waals surface area (Å²) in [6.07, 6.45) is 0.0694. The molecule has 28 heavy (non-hydrogen) atoms. The number of nitrogens with two attached hydrogens (primary N) is 1. The third-order valence-corrected chi connectivity index (χ3v) is 4.73. The van der Waals surface area contributed by atoms with Gasteiger partial charge in [0.15, 0.2) is 0 Å². The second kappa shape index (κ2) is 11.3. The molecule has 2 aromatic carbocycles. The van der Waals surface area contributed by atoms with Crippen molar-refractivity contribution in [3.05, 3.63) is 60.7 Å². The topological polar surface area (TPSA) is 69.8 Å². The minimum absolute atomic E-state index is 0.0694. The molecular formula is C23H33N3O2. The average molecular weight is 384 g/mol. The van der Waals surface area contributed by atoms with Crippen LogP contribution in [0.4, 0.5) is 11.4 Å². The van der Waals surface area contributed by atoms with Crippen LogP contribution in [0.25, 0.3) is 0 Å². The van der Waals surface area contributed by atoms with Gasteiger partial charge in [0, 0.05) is 44.1 Å². The molecule has 1 fully saturated rings. The summed E-state index contributed by atoms with van der Waals surface area (Å²) in [5.74, 6) is 0.457. The Labute approximate surface area is 168 Å². The minimum atomic E-state index is -0.836. The van der Waals surface area contributed by atoms with Crippen molar-refractivity contribution in [2.45, 2.75) is 20.3 Å². The first-order chi connectivity index (χ1) is 13.5. The maximum absolute atomic E-state index is 9.52. The fourth-order valence-electron chi connectivity index (χ4n) is 3.59. The summed E-state index contributed by atoms with van der Waals surface area (Å²) in [5.41, 5.74) is 7.56. The van der Waals surface area contributed by atoms with E-state index >= 15 is 0 Å². The molecule has 1 heterocycles. The molecule has 0 aliphatic carbocycles. The van der Waals surface area contributed by atoms with Crippen molar-refractivity contribution in [1.82, 2.24) is 0 Å². The summed E-state index contributed by atoms with van der Waals surface area (Å²) in [6.45, 7) is 9.45. The van der Waals surface area contributed by atoms with E-state index in [0.29, 0.717) is 11.8 Å². The van der Waals surface area contributed by atoms with E-state index in [4.69, 9.17) is 10.8 Å². The average Bonchev–Trinajstić information content (AvgIpc) is 2.67. The van der Waals surface area contributed by atoms with E-state index < -0.39 is 5.97 Å². The lowest BCUT2D eigenvalue weighted by atomic mass is 10.0. The third kappa shape index (κ3) is 7.24. The Bertz CT molecular complexity index is 628. The summed E-state index contributed by atoms with van der Waals surface area (Å²) < 4.78 is 0. The van der Waals surface area contributed by atoms with Crippen LogP contribution in [0.3, 0.4) is 0 Å². The van der Waals surface area contributed by atoms with Crippen molar-refractivity contribution in [2.24, 2.45) is 17.6 Å². The maximum atomic E-state index is 9.52. The fraction of sp³-hybridized carbons (Fsp3) is 0.435. The van der Waals surface area contributed by atoms with Crippen LogP contribution in [0.15, 0.2) is 60.7 Å². The van der Waals surface area contributed by atoms with Gasteiger partial charge in [-0.15, -0.1) is 0 Å². The maximum Gasteiger partial charge on any atom is 0.304 e. The second-order valence-corrected chi connectivity index (χ2v) is 7.62. The van der Waals surface area contributed by atoms with Crippen LogP contribution in [0.2, 0.25) is 0 Å². The second-order valence-electron chi connectivity index (χ2n) is 7.62. The van der Waals surface area contributed by atoms with E-state index in [1.54, 1.807) is 0 Å². The highest BCUT2D eigenvalue weighted by Gasteiger charge is 2.22. The molecule has 2 aromatic rings. The van der Waals surface area contributed by atoms with Gasteiger partial charge in [0.1, 0.15) is 0 Å². The number of anilines is 2. The number of carboxylic acids is 1. The normalized spacial score (nSPS) is 19.8. The van der Waals surface area contributed by atoms with E-state index in [1.165, 1.54) is 11.4 Å². The number of carbonyl (C=O) groups is 1. The van der Waals surface area contributed by atoms with Crippen LogP contribution in [0, 0.1) is 11.8 Å². The predicted molar refractivity (Wildman–Crippen MR) is 117 cm³/mol. The molecule has 0 saturated carbocycles. The molecule has 5 heteroatoms. The van der Waals surface area contributed by atoms with Gasteiger partial charge in [0.2, 0.25) is 0 Å². The molecule has 152 valence electrons. The lowest BCUT2D eigenvalue weighted by Crippen LogP contribution is -2.45. The zero-order valence-corrected chi connectivity index (χ0v) is 17.0. The Morgan fingerprint density at radius 2 is 1.21 bits per heavy atom. The number of hydrogen-bond acceptors (Lipinski definition) is 4. The van der Waals surface area contributed by atoms with Crippen LogP contribution in [-0.2, 0) is 4.79 Å². The van der Waals surface area contributed by atoms with Gasteiger partial charge in [-0.05, 0) is 36.1 Å². The van der Waals surface area contributed by atoms with Crippen LogP contribution in [-0.4, -0.2) is 43.8 Å². The van der Waals surface area contributed by atoms with Gasteiger partial charge in [0.25, 0.3) is 0 Å². The van der Waals surface area contributed by atoms with E-state index in [1.807, 2.05) is 0 Å². The Balaban J connectivity index is 0.000000409. The van der Waals surface area contributed by atoms with Gasteiger partial charge < -0.3 is 20.6 Å². The molecular weight excluding hydrogens is 350 g/mol. The van der Waals surface area contributed by atoms with Crippen molar-refractivity contribution in [2.75, 3.05) is 42.5 Å². The first-order valence-corrected chi connectivity index (χ1v) is 10.0. The van der Waals surface area contributed by atoms with Crippen molar-refractivity contribution >= 4 is 17.3 Å². The summed E-state index contributed by atoms with van der Waals surface area (Å²) in [5, 5.41) is 7.83. The molecule has 0 atom stereocenters. The predicted octanol–water partition coefficient (Wildman–Crippen LogP) is 3.71. The largest absolute Gasteiger partial charge is 0.481 e. The Morgan fingerprint density at radius 3 is 1.46 bits per heavy atom. The highest BCUT2D eigenvalue weighted by Crippen LogP contribution is 2.23. The van der Waals surface area contributed by atoms with Crippen LogP contribution in [0.5, 0.6) is 0 Å². The van der Waals surface area contributed by atoms with Gasteiger partial charge in [-0.1, -0.05) is 50.2 Å². The number of hydrogen-bond donors (Lipinski definition) is 2. The first-order valence-electron chi connectivity index (χ1n) is 10.0. The van der Waals surface area contributed by atoms with E-state index in [2.05, 4.69) is 84.3 Å². The molecule has 0 amide bonds. The molecule has 1 aliphatic heterocycles. The zero-order valence-electron chi connectivity index (χ0n) is 17.0. The smallest absolute Gasteiger partial charge is 0.304 e. The van der Waals surface area contributed by atoms with Gasteiger partial charge >= 0.3 is 5.97 Å². The third-order valence-electron chi connectivity index (χ3n) is 4.73. The van der Waals surface area contributed by atoms with Crippen LogP contribution >= 0.6 is 0 Å². The lowest BCUT2D eigenvalue weighted by Gasteiger charge is -2.39. The molecule has 0 spiro atoms. The molecule has 0 radical (unpaired) electrons. The Kier molecular flexibility index (Phi) is 8.82. The standard InChI is InChI=1S/C20H26N2.C3H7NO2/c1-17-13-21(19-9-5-3-6-10-19)15-18(2)16-22(14-17)20-11-7-4-8-12-20;4-2-1-3(5)6/h3-12,17-18H,13-16H2,1-2H3;1-2,4H2,(H,5,6). The van der Waals surface area contributed by atoms with E-state index in [-0.39, 0.29) is 13.0 Å².